The molecule has 0 bridgehead atoms. The number of benzene rings is 2. The molecule has 2 N–H and O–H groups in total. The molecule has 4 rings (SSSR count). The molecule has 1 fully saturated rings. The summed E-state index contributed by atoms with van der Waals surface area (Å²) in [6.45, 7) is 0. The molecule has 2 aromatic carbocycles. The van der Waals surface area contributed by atoms with Crippen LogP contribution in [0.4, 0.5) is 5.69 Å². The van der Waals surface area contributed by atoms with E-state index in [-0.39, 0.29) is 5.41 Å². The standard InChI is InChI=1S/C18H19N/c19-16-10-6-8-14-13-7-2-3-9-15(13)18(17(14)16)11-4-1-5-12-18/h2-3,6-10H,1,4-5,11-12,19H2. The molecule has 2 aliphatic rings. The smallest absolute Gasteiger partial charge is 0.0361 e. The molecule has 96 valence electrons. The van der Waals surface area contributed by atoms with Gasteiger partial charge in [0, 0.05) is 11.1 Å². The van der Waals surface area contributed by atoms with Gasteiger partial charge in [-0.2, -0.15) is 0 Å². The van der Waals surface area contributed by atoms with Gasteiger partial charge in [-0.1, -0.05) is 55.7 Å². The van der Waals surface area contributed by atoms with Crippen LogP contribution in [0.5, 0.6) is 0 Å². The van der Waals surface area contributed by atoms with Gasteiger partial charge in [0.2, 0.25) is 0 Å². The largest absolute Gasteiger partial charge is 0.398 e. The lowest BCUT2D eigenvalue weighted by molar-refractivity contribution is 0.354. The van der Waals surface area contributed by atoms with E-state index in [1.165, 1.54) is 54.4 Å². The van der Waals surface area contributed by atoms with Crippen LogP contribution in [0.2, 0.25) is 0 Å². The highest BCUT2D eigenvalue weighted by Crippen LogP contribution is 2.57. The van der Waals surface area contributed by atoms with Crippen molar-refractivity contribution in [2.24, 2.45) is 0 Å². The molecule has 1 saturated carbocycles. The van der Waals surface area contributed by atoms with Crippen molar-refractivity contribution in [2.45, 2.75) is 37.5 Å². The first-order chi connectivity index (χ1) is 9.33. The van der Waals surface area contributed by atoms with Crippen LogP contribution in [-0.4, -0.2) is 0 Å². The van der Waals surface area contributed by atoms with Gasteiger partial charge in [0.05, 0.1) is 0 Å². The van der Waals surface area contributed by atoms with Crippen LogP contribution in [0, 0.1) is 0 Å². The maximum Gasteiger partial charge on any atom is 0.0361 e. The maximum absolute atomic E-state index is 6.36. The SMILES string of the molecule is Nc1cccc2c1C1(CCCCC1)c1ccccc1-2. The van der Waals surface area contributed by atoms with Crippen LogP contribution in [0.1, 0.15) is 43.2 Å². The lowest BCUT2D eigenvalue weighted by Crippen LogP contribution is -2.28. The third-order valence-corrected chi connectivity index (χ3v) is 5.02. The van der Waals surface area contributed by atoms with E-state index in [9.17, 15) is 0 Å². The van der Waals surface area contributed by atoms with Crippen LogP contribution in [-0.2, 0) is 5.41 Å². The third-order valence-electron chi connectivity index (χ3n) is 5.02. The van der Waals surface area contributed by atoms with E-state index in [4.69, 9.17) is 5.73 Å². The lowest BCUT2D eigenvalue weighted by atomic mass is 9.67. The van der Waals surface area contributed by atoms with E-state index in [1.54, 1.807) is 0 Å². The van der Waals surface area contributed by atoms with E-state index >= 15 is 0 Å². The fourth-order valence-electron chi connectivity index (χ4n) is 4.27. The molecule has 2 aromatic rings. The first-order valence-electron chi connectivity index (χ1n) is 7.32. The molecule has 19 heavy (non-hydrogen) atoms. The molecule has 0 saturated heterocycles. The Balaban J connectivity index is 2.06. The van der Waals surface area contributed by atoms with Crippen LogP contribution >= 0.6 is 0 Å². The van der Waals surface area contributed by atoms with E-state index in [0.717, 1.165) is 5.69 Å². The minimum atomic E-state index is 0.204. The second-order valence-corrected chi connectivity index (χ2v) is 5.96. The number of hydrogen-bond donors (Lipinski definition) is 1. The summed E-state index contributed by atoms with van der Waals surface area (Å²) in [6, 6.07) is 15.3. The highest BCUT2D eigenvalue weighted by atomic mass is 14.6. The van der Waals surface area contributed by atoms with Crippen molar-refractivity contribution < 1.29 is 0 Å². The van der Waals surface area contributed by atoms with Crippen LogP contribution in [0.15, 0.2) is 42.5 Å². The van der Waals surface area contributed by atoms with Crippen molar-refractivity contribution in [1.29, 1.82) is 0 Å². The molecule has 0 atom stereocenters. The van der Waals surface area contributed by atoms with Gasteiger partial charge in [-0.3, -0.25) is 0 Å². The molecule has 1 spiro atoms. The lowest BCUT2D eigenvalue weighted by Gasteiger charge is -2.36. The zero-order valence-corrected chi connectivity index (χ0v) is 11.2. The zero-order chi connectivity index (χ0) is 12.9. The number of hydrogen-bond acceptors (Lipinski definition) is 1. The summed E-state index contributed by atoms with van der Waals surface area (Å²) in [6.07, 6.45) is 6.52. The Morgan fingerprint density at radius 3 is 2.37 bits per heavy atom. The molecule has 1 heteroatoms. The van der Waals surface area contributed by atoms with Crippen molar-refractivity contribution in [3.05, 3.63) is 53.6 Å². The van der Waals surface area contributed by atoms with Crippen molar-refractivity contribution in [2.75, 3.05) is 5.73 Å². The van der Waals surface area contributed by atoms with Gasteiger partial charge in [0.1, 0.15) is 0 Å². The molecule has 0 radical (unpaired) electrons. The summed E-state index contributed by atoms with van der Waals surface area (Å²) in [5.41, 5.74) is 13.3. The minimum Gasteiger partial charge on any atom is -0.398 e. The third kappa shape index (κ3) is 1.36. The molecular formula is C18H19N. The Morgan fingerprint density at radius 2 is 1.53 bits per heavy atom. The van der Waals surface area contributed by atoms with E-state index < -0.39 is 0 Å². The molecular weight excluding hydrogens is 230 g/mol. The summed E-state index contributed by atoms with van der Waals surface area (Å²) >= 11 is 0. The Kier molecular flexibility index (Phi) is 2.26. The van der Waals surface area contributed by atoms with Gasteiger partial charge in [0.25, 0.3) is 0 Å². The van der Waals surface area contributed by atoms with Crippen LogP contribution < -0.4 is 5.73 Å². The Bertz CT molecular complexity index is 636. The normalized spacial score (nSPS) is 19.2. The highest BCUT2D eigenvalue weighted by molar-refractivity contribution is 5.85. The maximum atomic E-state index is 6.36. The Hall–Kier alpha value is -1.76. The molecule has 0 heterocycles. The molecule has 1 nitrogen and oxygen atoms in total. The number of fused-ring (bicyclic) bond motifs is 5. The van der Waals surface area contributed by atoms with Gasteiger partial charge < -0.3 is 5.73 Å². The average molecular weight is 249 g/mol. The Morgan fingerprint density at radius 1 is 0.789 bits per heavy atom. The van der Waals surface area contributed by atoms with Crippen molar-refractivity contribution in [1.82, 2.24) is 0 Å². The van der Waals surface area contributed by atoms with Gasteiger partial charge in [-0.25, -0.2) is 0 Å². The van der Waals surface area contributed by atoms with E-state index in [0.29, 0.717) is 0 Å². The monoisotopic (exact) mass is 249 g/mol. The molecule has 0 amide bonds. The van der Waals surface area contributed by atoms with Gasteiger partial charge in [0.15, 0.2) is 0 Å². The van der Waals surface area contributed by atoms with Crippen molar-refractivity contribution in [3.8, 4) is 11.1 Å². The van der Waals surface area contributed by atoms with Crippen molar-refractivity contribution >= 4 is 5.69 Å². The Labute approximate surface area is 114 Å². The first kappa shape index (κ1) is 11.1. The predicted octanol–water partition coefficient (Wildman–Crippen LogP) is 4.50. The molecule has 2 aliphatic carbocycles. The molecule has 0 aromatic heterocycles. The van der Waals surface area contributed by atoms with Crippen LogP contribution in [0.3, 0.4) is 0 Å². The molecule has 0 unspecified atom stereocenters. The summed E-state index contributed by atoms with van der Waals surface area (Å²) in [5, 5.41) is 0. The quantitative estimate of drug-likeness (QED) is 0.683. The fourth-order valence-corrected chi connectivity index (χ4v) is 4.27. The summed E-state index contributed by atoms with van der Waals surface area (Å²) in [5.74, 6) is 0. The number of anilines is 1. The van der Waals surface area contributed by atoms with Gasteiger partial charge in [-0.05, 0) is 41.2 Å². The predicted molar refractivity (Wildman–Crippen MR) is 80.2 cm³/mol. The summed E-state index contributed by atoms with van der Waals surface area (Å²) in [4.78, 5) is 0. The van der Waals surface area contributed by atoms with Crippen LogP contribution in [0.25, 0.3) is 11.1 Å². The van der Waals surface area contributed by atoms with Gasteiger partial charge >= 0.3 is 0 Å². The topological polar surface area (TPSA) is 26.0 Å². The first-order valence-corrected chi connectivity index (χ1v) is 7.32. The number of nitrogens with two attached hydrogens (primary N) is 1. The zero-order valence-electron chi connectivity index (χ0n) is 11.2. The molecule has 0 aliphatic heterocycles. The highest BCUT2D eigenvalue weighted by Gasteiger charge is 2.44. The fraction of sp³-hybridized carbons (Fsp3) is 0.333. The number of nitrogen functional groups attached to an aromatic ring is 1. The average Bonchev–Trinajstić information content (AvgIpc) is 2.73. The summed E-state index contributed by atoms with van der Waals surface area (Å²) in [7, 11) is 0. The minimum absolute atomic E-state index is 0.204. The second kappa shape index (κ2) is 3.86. The van der Waals surface area contributed by atoms with Gasteiger partial charge in [-0.15, -0.1) is 0 Å². The summed E-state index contributed by atoms with van der Waals surface area (Å²) < 4.78 is 0. The second-order valence-electron chi connectivity index (χ2n) is 5.96. The van der Waals surface area contributed by atoms with Crippen molar-refractivity contribution in [3.63, 3.8) is 0 Å². The number of rotatable bonds is 0. The van der Waals surface area contributed by atoms with E-state index in [2.05, 4.69) is 42.5 Å². The van der Waals surface area contributed by atoms with E-state index in [1.807, 2.05) is 0 Å².